The molecule has 1 amide bonds. The lowest BCUT2D eigenvalue weighted by Gasteiger charge is -2.11. The fourth-order valence-corrected chi connectivity index (χ4v) is 1.47. The number of amides is 1. The van der Waals surface area contributed by atoms with Gasteiger partial charge in [-0.25, -0.2) is 0 Å². The molecule has 0 saturated heterocycles. The summed E-state index contributed by atoms with van der Waals surface area (Å²) in [6, 6.07) is 16.5. The lowest BCUT2D eigenvalue weighted by Crippen LogP contribution is -2.30. The molecule has 0 fully saturated rings. The molecule has 0 aliphatic carbocycles. The Hall–Kier alpha value is -2.49. The van der Waals surface area contributed by atoms with Crippen LogP contribution in [0.5, 0.6) is 17.2 Å². The van der Waals surface area contributed by atoms with Gasteiger partial charge in [-0.05, 0) is 43.3 Å². The normalized spacial score (nSPS) is 11.6. The van der Waals surface area contributed by atoms with Crippen LogP contribution < -0.4 is 15.2 Å². The molecule has 0 bridgehead atoms. The minimum absolute atomic E-state index is 0.496. The van der Waals surface area contributed by atoms with Gasteiger partial charge in [0.05, 0.1) is 0 Å². The Balaban J connectivity index is 2.01. The smallest absolute Gasteiger partial charge is 0.258 e. The highest BCUT2D eigenvalue weighted by Gasteiger charge is 2.09. The predicted octanol–water partition coefficient (Wildman–Crippen LogP) is 2.73. The first-order valence-corrected chi connectivity index (χ1v) is 5.94. The first-order valence-electron chi connectivity index (χ1n) is 5.94. The van der Waals surface area contributed by atoms with E-state index in [-0.39, 0.29) is 0 Å². The number of hydrogen-bond acceptors (Lipinski definition) is 3. The molecule has 4 nitrogen and oxygen atoms in total. The topological polar surface area (TPSA) is 61.6 Å². The second-order valence-electron chi connectivity index (χ2n) is 4.05. The molecular formula is C15H15NO3. The summed E-state index contributed by atoms with van der Waals surface area (Å²) >= 11 is 0. The van der Waals surface area contributed by atoms with E-state index in [2.05, 4.69) is 0 Å². The maximum Gasteiger partial charge on any atom is 0.258 e. The molecule has 0 aliphatic heterocycles. The number of rotatable bonds is 5. The number of primary amides is 1. The minimum Gasteiger partial charge on any atom is -0.481 e. The zero-order chi connectivity index (χ0) is 13.7. The largest absolute Gasteiger partial charge is 0.481 e. The molecule has 2 rings (SSSR count). The van der Waals surface area contributed by atoms with Gasteiger partial charge in [0.15, 0.2) is 6.10 Å². The van der Waals surface area contributed by atoms with Crippen LogP contribution in [0.3, 0.4) is 0 Å². The van der Waals surface area contributed by atoms with E-state index in [9.17, 15) is 4.79 Å². The molecule has 1 atom stereocenters. The summed E-state index contributed by atoms with van der Waals surface area (Å²) in [7, 11) is 0. The summed E-state index contributed by atoms with van der Waals surface area (Å²) in [5, 5.41) is 0. The molecule has 2 aromatic carbocycles. The maximum absolute atomic E-state index is 10.9. The van der Waals surface area contributed by atoms with Crippen molar-refractivity contribution < 1.29 is 14.3 Å². The van der Waals surface area contributed by atoms with E-state index < -0.39 is 12.0 Å². The fraction of sp³-hybridized carbons (Fsp3) is 0.133. The predicted molar refractivity (Wildman–Crippen MR) is 72.2 cm³/mol. The van der Waals surface area contributed by atoms with E-state index in [1.54, 1.807) is 31.2 Å². The van der Waals surface area contributed by atoms with E-state index in [0.717, 1.165) is 5.75 Å². The zero-order valence-electron chi connectivity index (χ0n) is 10.6. The zero-order valence-corrected chi connectivity index (χ0v) is 10.6. The maximum atomic E-state index is 10.9. The molecule has 0 aromatic heterocycles. The number of carbonyl (C=O) groups is 1. The second kappa shape index (κ2) is 5.91. The molecule has 1 unspecified atom stereocenters. The average Bonchev–Trinajstić information content (AvgIpc) is 2.42. The van der Waals surface area contributed by atoms with E-state index in [4.69, 9.17) is 15.2 Å². The Kier molecular flexibility index (Phi) is 4.03. The Morgan fingerprint density at radius 2 is 1.47 bits per heavy atom. The third kappa shape index (κ3) is 3.74. The van der Waals surface area contributed by atoms with Crippen molar-refractivity contribution in [1.29, 1.82) is 0 Å². The molecule has 2 N–H and O–H groups in total. The van der Waals surface area contributed by atoms with Gasteiger partial charge in [0.2, 0.25) is 0 Å². The summed E-state index contributed by atoms with van der Waals surface area (Å²) in [6.07, 6.45) is -0.652. The van der Waals surface area contributed by atoms with Crippen molar-refractivity contribution in [3.63, 3.8) is 0 Å². The number of hydrogen-bond donors (Lipinski definition) is 1. The first kappa shape index (κ1) is 13.0. The van der Waals surface area contributed by atoms with Crippen LogP contribution in [0.25, 0.3) is 0 Å². The molecule has 0 saturated carbocycles. The number of benzene rings is 2. The van der Waals surface area contributed by atoms with Crippen molar-refractivity contribution in [2.75, 3.05) is 0 Å². The van der Waals surface area contributed by atoms with Crippen LogP contribution in [-0.4, -0.2) is 12.0 Å². The van der Waals surface area contributed by atoms with Crippen molar-refractivity contribution in [2.45, 2.75) is 13.0 Å². The van der Waals surface area contributed by atoms with Gasteiger partial charge >= 0.3 is 0 Å². The molecular weight excluding hydrogens is 242 g/mol. The molecule has 19 heavy (non-hydrogen) atoms. The number of ether oxygens (including phenoxy) is 2. The molecule has 2 aromatic rings. The molecule has 0 spiro atoms. The Labute approximate surface area is 111 Å². The summed E-state index contributed by atoms with van der Waals surface area (Å²) in [5.74, 6) is 1.54. The van der Waals surface area contributed by atoms with Gasteiger partial charge in [0.1, 0.15) is 17.2 Å². The molecule has 4 heteroatoms. The molecule has 0 aliphatic rings. The first-order chi connectivity index (χ1) is 9.15. The SMILES string of the molecule is CC(Oc1ccc(Oc2ccccc2)cc1)C(N)=O. The summed E-state index contributed by atoms with van der Waals surface area (Å²) in [6.45, 7) is 1.61. The van der Waals surface area contributed by atoms with Gasteiger partial charge in [-0.3, -0.25) is 4.79 Å². The number of nitrogens with two attached hydrogens (primary N) is 1. The monoisotopic (exact) mass is 257 g/mol. The van der Waals surface area contributed by atoms with Crippen LogP contribution in [0.2, 0.25) is 0 Å². The van der Waals surface area contributed by atoms with Crippen molar-refractivity contribution in [1.82, 2.24) is 0 Å². The van der Waals surface area contributed by atoms with Crippen LogP contribution in [0.15, 0.2) is 54.6 Å². The Morgan fingerprint density at radius 3 is 2.05 bits per heavy atom. The van der Waals surface area contributed by atoms with Gasteiger partial charge in [-0.2, -0.15) is 0 Å². The van der Waals surface area contributed by atoms with E-state index in [0.29, 0.717) is 11.5 Å². The third-order valence-corrected chi connectivity index (χ3v) is 2.52. The van der Waals surface area contributed by atoms with E-state index in [1.807, 2.05) is 30.3 Å². The average molecular weight is 257 g/mol. The highest BCUT2D eigenvalue weighted by molar-refractivity contribution is 5.78. The van der Waals surface area contributed by atoms with Crippen molar-refractivity contribution in [3.8, 4) is 17.2 Å². The minimum atomic E-state index is -0.652. The van der Waals surface area contributed by atoms with Crippen LogP contribution in [0.4, 0.5) is 0 Å². The van der Waals surface area contributed by atoms with Crippen molar-refractivity contribution in [3.05, 3.63) is 54.6 Å². The van der Waals surface area contributed by atoms with Gasteiger partial charge in [-0.1, -0.05) is 18.2 Å². The summed E-state index contributed by atoms with van der Waals surface area (Å²) in [4.78, 5) is 10.9. The van der Waals surface area contributed by atoms with Gasteiger partial charge in [-0.15, -0.1) is 0 Å². The highest BCUT2D eigenvalue weighted by atomic mass is 16.5. The van der Waals surface area contributed by atoms with Gasteiger partial charge < -0.3 is 15.2 Å². The summed E-state index contributed by atoms with van der Waals surface area (Å²) in [5.41, 5.74) is 5.13. The lowest BCUT2D eigenvalue weighted by molar-refractivity contribution is -0.123. The third-order valence-electron chi connectivity index (χ3n) is 2.52. The van der Waals surface area contributed by atoms with Crippen LogP contribution in [-0.2, 0) is 4.79 Å². The quantitative estimate of drug-likeness (QED) is 0.895. The second-order valence-corrected chi connectivity index (χ2v) is 4.05. The van der Waals surface area contributed by atoms with Crippen LogP contribution >= 0.6 is 0 Å². The fourth-order valence-electron chi connectivity index (χ4n) is 1.47. The van der Waals surface area contributed by atoms with Crippen LogP contribution in [0, 0.1) is 0 Å². The lowest BCUT2D eigenvalue weighted by atomic mass is 10.3. The van der Waals surface area contributed by atoms with Crippen molar-refractivity contribution in [2.24, 2.45) is 5.73 Å². The van der Waals surface area contributed by atoms with Gasteiger partial charge in [0, 0.05) is 0 Å². The van der Waals surface area contributed by atoms with E-state index >= 15 is 0 Å². The number of para-hydroxylation sites is 1. The molecule has 0 radical (unpaired) electrons. The molecule has 0 heterocycles. The van der Waals surface area contributed by atoms with Crippen molar-refractivity contribution >= 4 is 5.91 Å². The van der Waals surface area contributed by atoms with Gasteiger partial charge in [0.25, 0.3) is 5.91 Å². The Bertz CT molecular complexity index is 537. The molecule has 98 valence electrons. The standard InChI is InChI=1S/C15H15NO3/c1-11(15(16)17)18-13-7-9-14(10-8-13)19-12-5-3-2-4-6-12/h2-11H,1H3,(H2,16,17). The number of carbonyl (C=O) groups excluding carboxylic acids is 1. The highest BCUT2D eigenvalue weighted by Crippen LogP contribution is 2.23. The van der Waals surface area contributed by atoms with E-state index in [1.165, 1.54) is 0 Å². The summed E-state index contributed by atoms with van der Waals surface area (Å²) < 4.78 is 11.0. The Morgan fingerprint density at radius 1 is 0.947 bits per heavy atom. The van der Waals surface area contributed by atoms with Crippen LogP contribution in [0.1, 0.15) is 6.92 Å².